The summed E-state index contributed by atoms with van der Waals surface area (Å²) in [7, 11) is 0. The summed E-state index contributed by atoms with van der Waals surface area (Å²) in [5, 5.41) is 2.35. The molecule has 3 rings (SSSR count). The van der Waals surface area contributed by atoms with Crippen LogP contribution in [0.15, 0.2) is 42.6 Å². The van der Waals surface area contributed by atoms with E-state index in [9.17, 15) is 18.4 Å². The Hall–Kier alpha value is -3.29. The summed E-state index contributed by atoms with van der Waals surface area (Å²) >= 11 is 0. The highest BCUT2D eigenvalue weighted by molar-refractivity contribution is 5.96. The zero-order chi connectivity index (χ0) is 18.8. The largest absolute Gasteiger partial charge is 0.448 e. The van der Waals surface area contributed by atoms with Crippen LogP contribution in [-0.4, -0.2) is 27.4 Å². The molecule has 1 aromatic carbocycles. The molecule has 0 saturated carbocycles. The van der Waals surface area contributed by atoms with Gasteiger partial charge in [0.15, 0.2) is 23.4 Å². The normalized spacial score (nSPS) is 12.0. The van der Waals surface area contributed by atoms with E-state index in [1.807, 2.05) is 19.1 Å². The average Bonchev–Trinajstić information content (AvgIpc) is 3.04. The number of amides is 1. The molecule has 8 heteroatoms. The van der Waals surface area contributed by atoms with Gasteiger partial charge in [-0.15, -0.1) is 0 Å². The number of fused-ring (bicyclic) bond motifs is 1. The second kappa shape index (κ2) is 6.91. The summed E-state index contributed by atoms with van der Waals surface area (Å²) in [6, 6.07) is 8.35. The van der Waals surface area contributed by atoms with Gasteiger partial charge in [0.05, 0.1) is 0 Å². The van der Waals surface area contributed by atoms with Crippen molar-refractivity contribution in [3.8, 4) is 0 Å². The molecule has 0 aliphatic rings. The standard InChI is InChI=1S/C18H15F2N3O3/c1-10-4-3-5-16-22-15(9-23(10)16)18(25)26-11(2)17(24)21-12-6-7-13(19)14(20)8-12/h3-9,11H,1-2H3,(H,21,24)/t11-/m1/s1. The molecule has 0 bridgehead atoms. The summed E-state index contributed by atoms with van der Waals surface area (Å²) in [6.07, 6.45) is 0.369. The summed E-state index contributed by atoms with van der Waals surface area (Å²) < 4.78 is 32.9. The molecule has 0 saturated heterocycles. The molecule has 0 aliphatic carbocycles. The number of anilines is 1. The van der Waals surface area contributed by atoms with Crippen LogP contribution in [0.5, 0.6) is 0 Å². The van der Waals surface area contributed by atoms with Gasteiger partial charge in [0.2, 0.25) is 0 Å². The quantitative estimate of drug-likeness (QED) is 0.727. The van der Waals surface area contributed by atoms with Gasteiger partial charge in [-0.3, -0.25) is 4.79 Å². The number of aryl methyl sites for hydroxylation is 1. The molecular formula is C18H15F2N3O3. The third kappa shape index (κ3) is 3.53. The lowest BCUT2D eigenvalue weighted by Gasteiger charge is -2.12. The Morgan fingerprint density at radius 3 is 2.65 bits per heavy atom. The number of nitrogens with one attached hydrogen (secondary N) is 1. The molecule has 0 aliphatic heterocycles. The summed E-state index contributed by atoms with van der Waals surface area (Å²) in [5.74, 6) is -3.55. The fourth-order valence-corrected chi connectivity index (χ4v) is 2.34. The van der Waals surface area contributed by atoms with Crippen molar-refractivity contribution in [3.05, 3.63) is 65.6 Å². The van der Waals surface area contributed by atoms with Crippen molar-refractivity contribution in [1.29, 1.82) is 0 Å². The molecule has 2 aromatic heterocycles. The van der Waals surface area contributed by atoms with E-state index in [4.69, 9.17) is 4.74 Å². The number of rotatable bonds is 4. The zero-order valence-corrected chi connectivity index (χ0v) is 14.0. The van der Waals surface area contributed by atoms with Crippen LogP contribution in [0.1, 0.15) is 23.1 Å². The van der Waals surface area contributed by atoms with Gasteiger partial charge in [0.25, 0.3) is 5.91 Å². The first-order chi connectivity index (χ1) is 12.3. The number of imidazole rings is 1. The fourth-order valence-electron chi connectivity index (χ4n) is 2.34. The lowest BCUT2D eigenvalue weighted by molar-refractivity contribution is -0.123. The van der Waals surface area contributed by atoms with Crippen molar-refractivity contribution in [2.24, 2.45) is 0 Å². The van der Waals surface area contributed by atoms with Crippen LogP contribution < -0.4 is 5.32 Å². The molecule has 3 aromatic rings. The highest BCUT2D eigenvalue weighted by Gasteiger charge is 2.21. The number of nitrogens with zero attached hydrogens (tertiary/aromatic N) is 2. The topological polar surface area (TPSA) is 72.7 Å². The Balaban J connectivity index is 1.68. The maximum absolute atomic E-state index is 13.2. The second-order valence-electron chi connectivity index (χ2n) is 5.69. The van der Waals surface area contributed by atoms with E-state index in [-0.39, 0.29) is 11.4 Å². The maximum Gasteiger partial charge on any atom is 0.359 e. The molecule has 134 valence electrons. The van der Waals surface area contributed by atoms with Crippen LogP contribution in [-0.2, 0) is 9.53 Å². The van der Waals surface area contributed by atoms with E-state index < -0.39 is 29.6 Å². The molecule has 1 atom stereocenters. The smallest absolute Gasteiger partial charge is 0.359 e. The van der Waals surface area contributed by atoms with Crippen molar-refractivity contribution >= 4 is 23.2 Å². The summed E-state index contributed by atoms with van der Waals surface area (Å²) in [5.41, 5.74) is 1.58. The van der Waals surface area contributed by atoms with Crippen LogP contribution in [0.25, 0.3) is 5.65 Å². The van der Waals surface area contributed by atoms with E-state index in [0.29, 0.717) is 5.65 Å². The molecule has 0 spiro atoms. The number of esters is 1. The van der Waals surface area contributed by atoms with Crippen LogP contribution in [0.2, 0.25) is 0 Å². The monoisotopic (exact) mass is 359 g/mol. The molecule has 26 heavy (non-hydrogen) atoms. The molecule has 2 heterocycles. The van der Waals surface area contributed by atoms with Gasteiger partial charge in [-0.05, 0) is 38.1 Å². The van der Waals surface area contributed by atoms with E-state index in [0.717, 1.165) is 17.8 Å². The fraction of sp³-hybridized carbons (Fsp3) is 0.167. The zero-order valence-electron chi connectivity index (χ0n) is 14.0. The second-order valence-corrected chi connectivity index (χ2v) is 5.69. The predicted octanol–water partition coefficient (Wildman–Crippen LogP) is 3.10. The average molecular weight is 359 g/mol. The summed E-state index contributed by atoms with van der Waals surface area (Å²) in [4.78, 5) is 28.4. The Bertz CT molecular complexity index is 1000. The van der Waals surface area contributed by atoms with Crippen molar-refractivity contribution < 1.29 is 23.1 Å². The van der Waals surface area contributed by atoms with Crippen molar-refractivity contribution in [1.82, 2.24) is 9.38 Å². The predicted molar refractivity (Wildman–Crippen MR) is 89.8 cm³/mol. The Morgan fingerprint density at radius 2 is 1.96 bits per heavy atom. The molecule has 0 fully saturated rings. The van der Waals surface area contributed by atoms with Crippen LogP contribution >= 0.6 is 0 Å². The molecule has 1 amide bonds. The number of benzene rings is 1. The minimum Gasteiger partial charge on any atom is -0.448 e. The first-order valence-electron chi connectivity index (χ1n) is 7.77. The number of aromatic nitrogens is 2. The number of halogens is 2. The van der Waals surface area contributed by atoms with Gasteiger partial charge < -0.3 is 14.5 Å². The van der Waals surface area contributed by atoms with Gasteiger partial charge in [-0.25, -0.2) is 18.6 Å². The number of hydrogen-bond donors (Lipinski definition) is 1. The lowest BCUT2D eigenvalue weighted by Crippen LogP contribution is -2.30. The maximum atomic E-state index is 13.2. The van der Waals surface area contributed by atoms with E-state index in [2.05, 4.69) is 10.3 Å². The van der Waals surface area contributed by atoms with Crippen LogP contribution in [0.4, 0.5) is 14.5 Å². The molecule has 6 nitrogen and oxygen atoms in total. The van der Waals surface area contributed by atoms with Crippen LogP contribution in [0, 0.1) is 18.6 Å². The third-order valence-corrected chi connectivity index (χ3v) is 3.75. The Kier molecular flexibility index (Phi) is 4.66. The number of hydrogen-bond acceptors (Lipinski definition) is 4. The number of pyridine rings is 1. The van der Waals surface area contributed by atoms with Gasteiger partial charge in [-0.2, -0.15) is 0 Å². The van der Waals surface area contributed by atoms with Gasteiger partial charge in [0, 0.05) is 23.6 Å². The van der Waals surface area contributed by atoms with E-state index in [1.54, 1.807) is 10.5 Å². The van der Waals surface area contributed by atoms with Crippen molar-refractivity contribution in [2.45, 2.75) is 20.0 Å². The minimum atomic E-state index is -1.15. The van der Waals surface area contributed by atoms with Gasteiger partial charge in [0.1, 0.15) is 5.65 Å². The van der Waals surface area contributed by atoms with Crippen molar-refractivity contribution in [3.63, 3.8) is 0 Å². The van der Waals surface area contributed by atoms with Crippen LogP contribution in [0.3, 0.4) is 0 Å². The van der Waals surface area contributed by atoms with Gasteiger partial charge in [-0.1, -0.05) is 6.07 Å². The van der Waals surface area contributed by atoms with Crippen molar-refractivity contribution in [2.75, 3.05) is 5.32 Å². The Morgan fingerprint density at radius 1 is 1.19 bits per heavy atom. The molecule has 1 N–H and O–H groups in total. The first-order valence-corrected chi connectivity index (χ1v) is 7.77. The van der Waals surface area contributed by atoms with E-state index in [1.165, 1.54) is 19.2 Å². The third-order valence-electron chi connectivity index (χ3n) is 3.75. The van der Waals surface area contributed by atoms with Gasteiger partial charge >= 0.3 is 5.97 Å². The number of carbonyl (C=O) groups is 2. The SMILES string of the molecule is Cc1cccc2nc(C(=O)O[C@H](C)C(=O)Nc3ccc(F)c(F)c3)cn12. The highest BCUT2D eigenvalue weighted by Crippen LogP contribution is 2.14. The molecular weight excluding hydrogens is 344 g/mol. The van der Waals surface area contributed by atoms with E-state index >= 15 is 0 Å². The molecule has 0 unspecified atom stereocenters. The highest BCUT2D eigenvalue weighted by atomic mass is 19.2. The number of carbonyl (C=O) groups excluding carboxylic acids is 2. The minimum absolute atomic E-state index is 0.0557. The lowest BCUT2D eigenvalue weighted by atomic mass is 10.2. The Labute approximate surface area is 147 Å². The molecule has 0 radical (unpaired) electrons. The summed E-state index contributed by atoms with van der Waals surface area (Å²) in [6.45, 7) is 3.23. The number of ether oxygens (including phenoxy) is 1. The first kappa shape index (κ1) is 17.5.